The summed E-state index contributed by atoms with van der Waals surface area (Å²) >= 11 is 0. The lowest BCUT2D eigenvalue weighted by molar-refractivity contribution is -0.126. The van der Waals surface area contributed by atoms with Crippen molar-refractivity contribution < 1.29 is 13.2 Å². The van der Waals surface area contributed by atoms with Crippen LogP contribution >= 0.6 is 0 Å². The first-order valence-corrected chi connectivity index (χ1v) is 11.6. The molecule has 2 aromatic rings. The molecule has 0 radical (unpaired) electrons. The smallest absolute Gasteiger partial charge is 0.223 e. The van der Waals surface area contributed by atoms with Crippen molar-refractivity contribution in [3.8, 4) is 0 Å². The van der Waals surface area contributed by atoms with Gasteiger partial charge in [0.15, 0.2) is 0 Å². The Bertz CT molecular complexity index is 880. The number of carbonyl (C=O) groups is 1. The van der Waals surface area contributed by atoms with Crippen LogP contribution in [0.5, 0.6) is 0 Å². The molecular formula is C22H29N3O3S. The van der Waals surface area contributed by atoms with Gasteiger partial charge in [0.05, 0.1) is 5.75 Å². The number of piperidine rings is 1. The zero-order valence-corrected chi connectivity index (χ0v) is 17.6. The number of likely N-dealkylation sites (N-methyl/N-ethyl adjacent to an activating group) is 1. The molecule has 1 aliphatic heterocycles. The van der Waals surface area contributed by atoms with E-state index in [1.165, 1.54) is 4.31 Å². The van der Waals surface area contributed by atoms with Gasteiger partial charge < -0.3 is 10.2 Å². The molecule has 0 aromatic heterocycles. The van der Waals surface area contributed by atoms with E-state index in [4.69, 9.17) is 0 Å². The Balaban J connectivity index is 1.42. The highest BCUT2D eigenvalue weighted by Crippen LogP contribution is 2.22. The zero-order valence-electron chi connectivity index (χ0n) is 16.8. The van der Waals surface area contributed by atoms with Crippen LogP contribution < -0.4 is 10.2 Å². The van der Waals surface area contributed by atoms with Gasteiger partial charge in [-0.25, -0.2) is 12.7 Å². The Labute approximate surface area is 173 Å². The van der Waals surface area contributed by atoms with Gasteiger partial charge in [-0.3, -0.25) is 4.79 Å². The van der Waals surface area contributed by atoms with Gasteiger partial charge >= 0.3 is 0 Å². The number of anilines is 1. The van der Waals surface area contributed by atoms with E-state index in [1.807, 2.05) is 67.7 Å². The van der Waals surface area contributed by atoms with E-state index >= 15 is 0 Å². The average molecular weight is 416 g/mol. The second-order valence-electron chi connectivity index (χ2n) is 7.46. The monoisotopic (exact) mass is 415 g/mol. The standard InChI is InChI=1S/C22H29N3O3S/c1-24(21-10-6-3-7-11-21)17-14-23-22(26)20-12-15-25(16-13-20)29(27,28)18-19-8-4-2-5-9-19/h2-11,20H,12-18H2,1H3,(H,23,26). The normalized spacial score (nSPS) is 15.8. The zero-order chi connectivity index (χ0) is 20.7. The summed E-state index contributed by atoms with van der Waals surface area (Å²) in [5.41, 5.74) is 1.90. The van der Waals surface area contributed by atoms with E-state index in [-0.39, 0.29) is 17.6 Å². The summed E-state index contributed by atoms with van der Waals surface area (Å²) in [5.74, 6) is -0.0944. The van der Waals surface area contributed by atoms with E-state index in [0.717, 1.165) is 17.8 Å². The lowest BCUT2D eigenvalue weighted by atomic mass is 9.97. The SMILES string of the molecule is CN(CCNC(=O)C1CCN(S(=O)(=O)Cc2ccccc2)CC1)c1ccccc1. The number of amides is 1. The Hall–Kier alpha value is -2.38. The molecule has 6 nitrogen and oxygen atoms in total. The van der Waals surface area contributed by atoms with Crippen LogP contribution in [0.25, 0.3) is 0 Å². The highest BCUT2D eigenvalue weighted by atomic mass is 32.2. The van der Waals surface area contributed by atoms with Crippen molar-refractivity contribution in [3.63, 3.8) is 0 Å². The summed E-state index contributed by atoms with van der Waals surface area (Å²) in [6.07, 6.45) is 1.13. The predicted octanol–water partition coefficient (Wildman–Crippen LogP) is 2.48. The fourth-order valence-corrected chi connectivity index (χ4v) is 5.14. The van der Waals surface area contributed by atoms with Crippen molar-refractivity contribution in [2.45, 2.75) is 18.6 Å². The summed E-state index contributed by atoms with van der Waals surface area (Å²) in [5, 5.41) is 3.00. The average Bonchev–Trinajstić information content (AvgIpc) is 2.74. The van der Waals surface area contributed by atoms with Gasteiger partial charge in [0.2, 0.25) is 15.9 Å². The molecule has 0 bridgehead atoms. The van der Waals surface area contributed by atoms with E-state index < -0.39 is 10.0 Å². The molecule has 1 heterocycles. The van der Waals surface area contributed by atoms with E-state index in [1.54, 1.807) is 0 Å². The van der Waals surface area contributed by atoms with Crippen LogP contribution in [0.4, 0.5) is 5.69 Å². The van der Waals surface area contributed by atoms with Crippen molar-refractivity contribution >= 4 is 21.6 Å². The van der Waals surface area contributed by atoms with Crippen molar-refractivity contribution in [1.29, 1.82) is 0 Å². The van der Waals surface area contributed by atoms with Gasteiger partial charge in [0.25, 0.3) is 0 Å². The second-order valence-corrected chi connectivity index (χ2v) is 9.43. The van der Waals surface area contributed by atoms with Gasteiger partial charge in [-0.15, -0.1) is 0 Å². The van der Waals surface area contributed by atoms with Crippen LogP contribution in [-0.4, -0.2) is 51.9 Å². The van der Waals surface area contributed by atoms with Crippen LogP contribution in [-0.2, 0) is 20.6 Å². The van der Waals surface area contributed by atoms with Crippen LogP contribution in [0.2, 0.25) is 0 Å². The molecule has 1 aliphatic rings. The molecule has 2 aromatic carbocycles. The Kier molecular flexibility index (Phi) is 7.28. The van der Waals surface area contributed by atoms with Crippen LogP contribution in [0.1, 0.15) is 18.4 Å². The Morgan fingerprint density at radius 3 is 2.24 bits per heavy atom. The first kappa shape index (κ1) is 21.3. The number of nitrogens with zero attached hydrogens (tertiary/aromatic N) is 2. The molecule has 3 rings (SSSR count). The van der Waals surface area contributed by atoms with Crippen molar-refractivity contribution in [2.24, 2.45) is 5.92 Å². The van der Waals surface area contributed by atoms with Crippen LogP contribution in [0.3, 0.4) is 0 Å². The van der Waals surface area contributed by atoms with E-state index in [0.29, 0.717) is 32.5 Å². The molecule has 1 N–H and O–H groups in total. The molecule has 0 aliphatic carbocycles. The minimum Gasteiger partial charge on any atom is -0.373 e. The molecule has 29 heavy (non-hydrogen) atoms. The number of para-hydroxylation sites is 1. The fraction of sp³-hybridized carbons (Fsp3) is 0.409. The third-order valence-corrected chi connectivity index (χ3v) is 7.20. The molecule has 0 atom stereocenters. The summed E-state index contributed by atoms with van der Waals surface area (Å²) < 4.78 is 26.8. The van der Waals surface area contributed by atoms with Crippen molar-refractivity contribution in [3.05, 3.63) is 66.2 Å². The van der Waals surface area contributed by atoms with Gasteiger partial charge in [-0.2, -0.15) is 0 Å². The summed E-state index contributed by atoms with van der Waals surface area (Å²) in [6.45, 7) is 2.09. The molecule has 1 fully saturated rings. The molecule has 0 unspecified atom stereocenters. The number of sulfonamides is 1. The number of hydrogen-bond acceptors (Lipinski definition) is 4. The maximum Gasteiger partial charge on any atom is 0.223 e. The molecule has 0 spiro atoms. The maximum absolute atomic E-state index is 12.6. The highest BCUT2D eigenvalue weighted by Gasteiger charge is 2.31. The Morgan fingerprint density at radius 2 is 1.62 bits per heavy atom. The fourth-order valence-electron chi connectivity index (χ4n) is 3.58. The minimum absolute atomic E-state index is 0.0104. The summed E-state index contributed by atoms with van der Waals surface area (Å²) in [4.78, 5) is 14.6. The quantitative estimate of drug-likeness (QED) is 0.719. The van der Waals surface area contributed by atoms with E-state index in [2.05, 4.69) is 10.2 Å². The highest BCUT2D eigenvalue weighted by molar-refractivity contribution is 7.88. The first-order chi connectivity index (χ1) is 14.0. The summed E-state index contributed by atoms with van der Waals surface area (Å²) in [6, 6.07) is 19.2. The number of nitrogens with one attached hydrogen (secondary N) is 1. The molecule has 1 amide bonds. The minimum atomic E-state index is -3.35. The maximum atomic E-state index is 12.6. The first-order valence-electron chi connectivity index (χ1n) is 10.0. The molecule has 1 saturated heterocycles. The molecule has 156 valence electrons. The van der Waals surface area contributed by atoms with Crippen LogP contribution in [0, 0.1) is 5.92 Å². The third-order valence-electron chi connectivity index (χ3n) is 5.35. The Morgan fingerprint density at radius 1 is 1.03 bits per heavy atom. The number of carbonyl (C=O) groups excluding carboxylic acids is 1. The van der Waals surface area contributed by atoms with Gasteiger partial charge in [0.1, 0.15) is 0 Å². The van der Waals surface area contributed by atoms with E-state index in [9.17, 15) is 13.2 Å². The second kappa shape index (κ2) is 9.89. The molecular weight excluding hydrogens is 386 g/mol. The van der Waals surface area contributed by atoms with Gasteiger partial charge in [0, 0.05) is 44.8 Å². The van der Waals surface area contributed by atoms with Gasteiger partial charge in [-0.1, -0.05) is 48.5 Å². The lowest BCUT2D eigenvalue weighted by Gasteiger charge is -2.30. The van der Waals surface area contributed by atoms with Crippen molar-refractivity contribution in [1.82, 2.24) is 9.62 Å². The largest absolute Gasteiger partial charge is 0.373 e. The topological polar surface area (TPSA) is 69.7 Å². The lowest BCUT2D eigenvalue weighted by Crippen LogP contribution is -2.44. The molecule has 7 heteroatoms. The van der Waals surface area contributed by atoms with Crippen LogP contribution in [0.15, 0.2) is 60.7 Å². The molecule has 0 saturated carbocycles. The third kappa shape index (κ3) is 6.05. The van der Waals surface area contributed by atoms with Crippen molar-refractivity contribution in [2.75, 3.05) is 38.1 Å². The number of benzene rings is 2. The number of rotatable bonds is 8. The predicted molar refractivity (Wildman–Crippen MR) is 116 cm³/mol. The number of hydrogen-bond donors (Lipinski definition) is 1. The summed E-state index contributed by atoms with van der Waals surface area (Å²) in [7, 11) is -1.35. The van der Waals surface area contributed by atoms with Gasteiger partial charge in [-0.05, 0) is 30.5 Å².